The van der Waals surface area contributed by atoms with Crippen molar-refractivity contribution in [1.29, 1.82) is 0 Å². The molecule has 156 valence electrons. The first-order valence-corrected chi connectivity index (χ1v) is 8.56. The molecular formula is C15H25N7O6. The number of hydrogen-bond acceptors (Lipinski definition) is 6. The van der Waals surface area contributed by atoms with E-state index in [4.69, 9.17) is 17.2 Å². The van der Waals surface area contributed by atoms with Gasteiger partial charge in [-0.1, -0.05) is 0 Å². The van der Waals surface area contributed by atoms with Gasteiger partial charge in [-0.15, -0.1) is 0 Å². The third kappa shape index (κ3) is 7.88. The molecule has 13 nitrogen and oxygen atoms in total. The normalized spacial score (nSPS) is 17.7. The number of carboxylic acids is 1. The van der Waals surface area contributed by atoms with Gasteiger partial charge >= 0.3 is 5.97 Å². The van der Waals surface area contributed by atoms with E-state index in [1.54, 1.807) is 0 Å². The highest BCUT2D eigenvalue weighted by atomic mass is 16.4. The molecule has 0 saturated carbocycles. The number of carbonyl (C=O) groups is 5. The van der Waals surface area contributed by atoms with Crippen LogP contribution in [0.3, 0.4) is 0 Å². The molecule has 1 aliphatic rings. The number of aliphatic carboxylic acids is 1. The van der Waals surface area contributed by atoms with Gasteiger partial charge in [0, 0.05) is 13.0 Å². The molecule has 1 rings (SSSR count). The molecule has 0 bridgehead atoms. The number of nitrogens with one attached hydrogen (secondary N) is 3. The van der Waals surface area contributed by atoms with Gasteiger partial charge in [0.15, 0.2) is 5.96 Å². The Bertz CT molecular complexity index is 661. The lowest BCUT2D eigenvalue weighted by atomic mass is 10.1. The van der Waals surface area contributed by atoms with Crippen molar-refractivity contribution in [3.05, 3.63) is 0 Å². The van der Waals surface area contributed by atoms with E-state index >= 15 is 0 Å². The lowest BCUT2D eigenvalue weighted by Crippen LogP contribution is -2.55. The lowest BCUT2D eigenvalue weighted by Gasteiger charge is -2.22. The molecule has 28 heavy (non-hydrogen) atoms. The summed E-state index contributed by atoms with van der Waals surface area (Å²) < 4.78 is 0. The molecule has 1 aliphatic heterocycles. The Balaban J connectivity index is 2.71. The Morgan fingerprint density at radius 1 is 1.18 bits per heavy atom. The third-order valence-electron chi connectivity index (χ3n) is 3.91. The van der Waals surface area contributed by atoms with Crippen LogP contribution in [0.25, 0.3) is 0 Å². The minimum absolute atomic E-state index is 0.0216. The largest absolute Gasteiger partial charge is 0.480 e. The molecule has 1 heterocycles. The molecule has 0 spiro atoms. The van der Waals surface area contributed by atoms with E-state index in [9.17, 15) is 29.1 Å². The molecule has 3 atom stereocenters. The van der Waals surface area contributed by atoms with Crippen LogP contribution in [-0.4, -0.2) is 65.3 Å². The fourth-order valence-electron chi connectivity index (χ4n) is 2.53. The Labute approximate surface area is 160 Å². The number of primary amides is 1. The summed E-state index contributed by atoms with van der Waals surface area (Å²) in [4.78, 5) is 62.1. The maximum atomic E-state index is 12.4. The van der Waals surface area contributed by atoms with Gasteiger partial charge < -0.3 is 38.3 Å². The molecule has 13 heteroatoms. The second-order valence-electron chi connectivity index (χ2n) is 6.24. The number of carbonyl (C=O) groups excluding carboxylic acids is 4. The summed E-state index contributed by atoms with van der Waals surface area (Å²) in [5.41, 5.74) is 15.5. The first kappa shape index (κ1) is 22.7. The highest BCUT2D eigenvalue weighted by Gasteiger charge is 2.32. The monoisotopic (exact) mass is 399 g/mol. The zero-order valence-corrected chi connectivity index (χ0v) is 15.1. The molecular weight excluding hydrogens is 374 g/mol. The van der Waals surface area contributed by atoms with Crippen molar-refractivity contribution in [3.8, 4) is 0 Å². The summed E-state index contributed by atoms with van der Waals surface area (Å²) in [5, 5.41) is 16.3. The van der Waals surface area contributed by atoms with E-state index in [-0.39, 0.29) is 44.1 Å². The van der Waals surface area contributed by atoms with Crippen LogP contribution in [0.1, 0.15) is 32.1 Å². The van der Waals surface area contributed by atoms with Gasteiger partial charge in [-0.05, 0) is 19.3 Å². The van der Waals surface area contributed by atoms with Crippen molar-refractivity contribution >= 4 is 35.6 Å². The Morgan fingerprint density at radius 2 is 1.86 bits per heavy atom. The second-order valence-corrected chi connectivity index (χ2v) is 6.24. The molecule has 1 fully saturated rings. The number of rotatable bonds is 11. The SMILES string of the molecule is NC(=O)CC(NC(=O)C1CCC(=O)N1)C(=O)NC(CCCN=C(N)N)C(=O)O. The first-order chi connectivity index (χ1) is 13.1. The van der Waals surface area contributed by atoms with E-state index in [2.05, 4.69) is 20.9 Å². The van der Waals surface area contributed by atoms with Crippen molar-refractivity contribution in [2.45, 2.75) is 50.2 Å². The van der Waals surface area contributed by atoms with E-state index < -0.39 is 48.2 Å². The van der Waals surface area contributed by atoms with Crippen LogP contribution in [0.15, 0.2) is 4.99 Å². The molecule has 0 aliphatic carbocycles. The highest BCUT2D eigenvalue weighted by molar-refractivity contribution is 5.96. The third-order valence-corrected chi connectivity index (χ3v) is 3.91. The average molecular weight is 399 g/mol. The topological polar surface area (TPSA) is 232 Å². The van der Waals surface area contributed by atoms with Crippen LogP contribution >= 0.6 is 0 Å². The summed E-state index contributed by atoms with van der Waals surface area (Å²) in [5.74, 6) is -4.15. The molecule has 10 N–H and O–H groups in total. The van der Waals surface area contributed by atoms with Crippen molar-refractivity contribution < 1.29 is 29.1 Å². The van der Waals surface area contributed by atoms with E-state index in [1.165, 1.54) is 0 Å². The molecule has 0 aromatic rings. The molecule has 0 radical (unpaired) electrons. The summed E-state index contributed by atoms with van der Waals surface area (Å²) in [6, 6.07) is -3.48. The maximum absolute atomic E-state index is 12.4. The van der Waals surface area contributed by atoms with Crippen molar-refractivity contribution in [1.82, 2.24) is 16.0 Å². The fraction of sp³-hybridized carbons (Fsp3) is 0.600. The highest BCUT2D eigenvalue weighted by Crippen LogP contribution is 2.08. The van der Waals surface area contributed by atoms with Crippen LogP contribution in [0.5, 0.6) is 0 Å². The van der Waals surface area contributed by atoms with Gasteiger partial charge in [-0.25, -0.2) is 4.79 Å². The number of nitrogens with two attached hydrogens (primary N) is 3. The minimum atomic E-state index is -1.37. The van der Waals surface area contributed by atoms with Gasteiger partial charge in [0.05, 0.1) is 6.42 Å². The van der Waals surface area contributed by atoms with Gasteiger partial charge in [-0.3, -0.25) is 24.2 Å². The molecule has 4 amide bonds. The quantitative estimate of drug-likeness (QED) is 0.103. The summed E-state index contributed by atoms with van der Waals surface area (Å²) in [7, 11) is 0. The number of carboxylic acid groups (broad SMARTS) is 1. The Kier molecular flexibility index (Phi) is 8.65. The smallest absolute Gasteiger partial charge is 0.326 e. The number of guanidine groups is 1. The van der Waals surface area contributed by atoms with E-state index in [1.807, 2.05) is 0 Å². The molecule has 1 saturated heterocycles. The van der Waals surface area contributed by atoms with Crippen LogP contribution in [0.2, 0.25) is 0 Å². The zero-order valence-electron chi connectivity index (χ0n) is 15.1. The Morgan fingerprint density at radius 3 is 2.36 bits per heavy atom. The zero-order chi connectivity index (χ0) is 21.3. The number of amides is 4. The minimum Gasteiger partial charge on any atom is -0.480 e. The van der Waals surface area contributed by atoms with Crippen LogP contribution in [0, 0.1) is 0 Å². The Hall–Kier alpha value is -3.38. The summed E-state index contributed by atoms with van der Waals surface area (Å²) in [6.07, 6.45) is 0.183. The van der Waals surface area contributed by atoms with Crippen LogP contribution in [0.4, 0.5) is 0 Å². The van der Waals surface area contributed by atoms with Crippen LogP contribution in [-0.2, 0) is 24.0 Å². The van der Waals surface area contributed by atoms with Crippen molar-refractivity contribution in [2.75, 3.05) is 6.54 Å². The van der Waals surface area contributed by atoms with Gasteiger partial charge in [0.1, 0.15) is 18.1 Å². The number of aliphatic imine (C=N–C) groups is 1. The number of hydrogen-bond donors (Lipinski definition) is 7. The molecule has 0 aromatic heterocycles. The molecule has 3 unspecified atom stereocenters. The summed E-state index contributed by atoms with van der Waals surface area (Å²) >= 11 is 0. The predicted molar refractivity (Wildman–Crippen MR) is 96.4 cm³/mol. The lowest BCUT2D eigenvalue weighted by molar-refractivity contribution is -0.142. The standard InChI is InChI=1S/C15H25N7O6/c16-10(23)6-9(22-12(25)7-3-4-11(24)20-7)13(26)21-8(14(27)28)2-1-5-19-15(17)18/h7-9H,1-6H2,(H2,16,23)(H,20,24)(H,21,26)(H,22,25)(H,27,28)(H4,17,18,19). The van der Waals surface area contributed by atoms with Crippen molar-refractivity contribution in [2.24, 2.45) is 22.2 Å². The van der Waals surface area contributed by atoms with Gasteiger partial charge in [0.2, 0.25) is 23.6 Å². The van der Waals surface area contributed by atoms with Gasteiger partial charge in [0.25, 0.3) is 0 Å². The van der Waals surface area contributed by atoms with E-state index in [0.717, 1.165) is 0 Å². The maximum Gasteiger partial charge on any atom is 0.326 e. The first-order valence-electron chi connectivity index (χ1n) is 8.56. The fourth-order valence-corrected chi connectivity index (χ4v) is 2.53. The summed E-state index contributed by atoms with van der Waals surface area (Å²) in [6.45, 7) is 0.171. The van der Waals surface area contributed by atoms with Gasteiger partial charge in [-0.2, -0.15) is 0 Å². The van der Waals surface area contributed by atoms with Crippen molar-refractivity contribution in [3.63, 3.8) is 0 Å². The molecule has 0 aromatic carbocycles. The number of nitrogens with zero attached hydrogens (tertiary/aromatic N) is 1. The second kappa shape index (κ2) is 10.7. The average Bonchev–Trinajstić information content (AvgIpc) is 3.02. The van der Waals surface area contributed by atoms with E-state index in [0.29, 0.717) is 0 Å². The van der Waals surface area contributed by atoms with Crippen LogP contribution < -0.4 is 33.2 Å². The predicted octanol–water partition coefficient (Wildman–Crippen LogP) is -3.75.